The number of carbonyl (C=O) groups excluding carboxylic acids is 2. The molecule has 0 fully saturated rings. The van der Waals surface area contributed by atoms with E-state index >= 15 is 0 Å². The fourth-order valence-corrected chi connectivity index (χ4v) is 4.66. The van der Waals surface area contributed by atoms with Crippen LogP contribution in [0.4, 0.5) is 5.82 Å². The molecule has 0 radical (unpaired) electrons. The normalized spacial score (nSPS) is 12.7. The van der Waals surface area contributed by atoms with Gasteiger partial charge in [-0.1, -0.05) is 51.1 Å². The van der Waals surface area contributed by atoms with Crippen molar-refractivity contribution in [3.8, 4) is 22.6 Å². The van der Waals surface area contributed by atoms with Crippen LogP contribution in [0, 0.1) is 5.41 Å². The summed E-state index contributed by atoms with van der Waals surface area (Å²) in [5.41, 5.74) is 3.30. The molecule has 2 heterocycles. The van der Waals surface area contributed by atoms with Crippen LogP contribution >= 0.6 is 0 Å². The van der Waals surface area contributed by atoms with Crippen LogP contribution in [0.3, 0.4) is 0 Å². The number of rotatable bonds is 6. The first-order chi connectivity index (χ1) is 18.7. The van der Waals surface area contributed by atoms with E-state index in [2.05, 4.69) is 4.98 Å². The summed E-state index contributed by atoms with van der Waals surface area (Å²) in [4.78, 5) is 32.1. The van der Waals surface area contributed by atoms with Gasteiger partial charge in [-0.15, -0.1) is 0 Å². The first kappa shape index (κ1) is 26.2. The molecule has 1 amide bonds. The van der Waals surface area contributed by atoms with Crippen LogP contribution in [-0.4, -0.2) is 37.2 Å². The average Bonchev–Trinajstić information content (AvgIpc) is 2.94. The predicted molar refractivity (Wildman–Crippen MR) is 151 cm³/mol. The van der Waals surface area contributed by atoms with Gasteiger partial charge in [-0.3, -0.25) is 9.69 Å². The van der Waals surface area contributed by atoms with Gasteiger partial charge in [-0.05, 0) is 63.9 Å². The van der Waals surface area contributed by atoms with Crippen LogP contribution in [0.1, 0.15) is 43.1 Å². The van der Waals surface area contributed by atoms with Crippen molar-refractivity contribution < 1.29 is 23.8 Å². The summed E-state index contributed by atoms with van der Waals surface area (Å²) in [6.45, 7) is 7.60. The first-order valence-corrected chi connectivity index (χ1v) is 13.0. The van der Waals surface area contributed by atoms with Crippen molar-refractivity contribution in [3.05, 3.63) is 84.1 Å². The van der Waals surface area contributed by atoms with Crippen LogP contribution in [-0.2, 0) is 16.1 Å². The Hall–Kier alpha value is -4.39. The third-order valence-electron chi connectivity index (χ3n) is 6.57. The van der Waals surface area contributed by atoms with Gasteiger partial charge in [-0.25, -0.2) is 9.78 Å². The molecule has 39 heavy (non-hydrogen) atoms. The van der Waals surface area contributed by atoms with Crippen molar-refractivity contribution in [2.75, 3.05) is 25.2 Å². The lowest BCUT2D eigenvalue weighted by atomic mass is 9.91. The Morgan fingerprint density at radius 3 is 2.33 bits per heavy atom. The third kappa shape index (κ3) is 5.87. The first-order valence-electron chi connectivity index (χ1n) is 13.0. The maximum Gasteiger partial charge on any atom is 0.337 e. The molecular formula is C32H32N2O5. The Balaban J connectivity index is 1.47. The van der Waals surface area contributed by atoms with Gasteiger partial charge < -0.3 is 14.2 Å². The second kappa shape index (κ2) is 10.8. The molecule has 0 unspecified atom stereocenters. The monoisotopic (exact) mass is 524 g/mol. The number of methoxy groups -OCH3 is 1. The Bertz CT molecular complexity index is 1520. The zero-order chi connectivity index (χ0) is 27.6. The van der Waals surface area contributed by atoms with E-state index in [0.717, 1.165) is 39.0 Å². The van der Waals surface area contributed by atoms with Gasteiger partial charge in [0, 0.05) is 18.0 Å². The molecule has 0 spiro atoms. The summed E-state index contributed by atoms with van der Waals surface area (Å²) in [5.74, 6) is 1.65. The Labute approximate surface area is 228 Å². The third-order valence-corrected chi connectivity index (χ3v) is 6.57. The second-order valence-electron chi connectivity index (χ2n) is 10.8. The molecule has 200 valence electrons. The summed E-state index contributed by atoms with van der Waals surface area (Å²) in [5, 5.41) is 1.60. The SMILES string of the molecule is COC(=O)c1ccc2c(N(Cc3ccc(-c4ccc5c(c4)OCCO5)cc3)C(=O)CC(C)(C)C)nccc2c1. The lowest BCUT2D eigenvalue weighted by molar-refractivity contribution is -0.120. The number of anilines is 1. The maximum atomic E-state index is 13.6. The van der Waals surface area contributed by atoms with E-state index in [1.165, 1.54) is 7.11 Å². The topological polar surface area (TPSA) is 78.0 Å². The van der Waals surface area contributed by atoms with E-state index < -0.39 is 5.97 Å². The quantitative estimate of drug-likeness (QED) is 0.271. The number of fused-ring (bicyclic) bond motifs is 2. The van der Waals surface area contributed by atoms with Gasteiger partial charge in [0.05, 0.1) is 19.2 Å². The molecule has 4 aromatic rings. The van der Waals surface area contributed by atoms with E-state index in [4.69, 9.17) is 14.2 Å². The number of ether oxygens (including phenoxy) is 3. The van der Waals surface area contributed by atoms with Gasteiger partial charge in [0.25, 0.3) is 0 Å². The van der Waals surface area contributed by atoms with E-state index in [9.17, 15) is 9.59 Å². The van der Waals surface area contributed by atoms with Crippen molar-refractivity contribution in [3.63, 3.8) is 0 Å². The fourth-order valence-electron chi connectivity index (χ4n) is 4.66. The molecule has 0 saturated heterocycles. The number of amides is 1. The molecule has 1 aliphatic heterocycles. The number of hydrogen-bond acceptors (Lipinski definition) is 6. The standard InChI is InChI=1S/C32H32N2O5/c1-32(2,3)19-29(35)34(30-26-11-9-25(31(36)37-4)17-24(26)13-14-33-30)20-21-5-7-22(8-6-21)23-10-12-27-28(18-23)39-16-15-38-27/h5-14,17-18H,15-16,19-20H2,1-4H3. The van der Waals surface area contributed by atoms with E-state index in [0.29, 0.717) is 37.6 Å². The molecule has 7 heteroatoms. The smallest absolute Gasteiger partial charge is 0.337 e. The fraction of sp³-hybridized carbons (Fsp3) is 0.281. The molecule has 0 N–H and O–H groups in total. The van der Waals surface area contributed by atoms with Crippen LogP contribution < -0.4 is 14.4 Å². The average molecular weight is 525 g/mol. The molecule has 1 aromatic heterocycles. The Morgan fingerprint density at radius 2 is 1.62 bits per heavy atom. The second-order valence-corrected chi connectivity index (χ2v) is 10.8. The molecule has 3 aromatic carbocycles. The van der Waals surface area contributed by atoms with Crippen molar-refractivity contribution in [1.29, 1.82) is 0 Å². The van der Waals surface area contributed by atoms with E-state index in [-0.39, 0.29) is 11.3 Å². The molecular weight excluding hydrogens is 492 g/mol. The number of hydrogen-bond donors (Lipinski definition) is 0. The molecule has 0 bridgehead atoms. The largest absolute Gasteiger partial charge is 0.486 e. The van der Waals surface area contributed by atoms with Crippen LogP contribution in [0.15, 0.2) is 72.9 Å². The Kier molecular flexibility index (Phi) is 7.24. The lowest BCUT2D eigenvalue weighted by Gasteiger charge is -2.27. The number of carbonyl (C=O) groups is 2. The summed E-state index contributed by atoms with van der Waals surface area (Å²) in [6, 6.07) is 21.2. The summed E-state index contributed by atoms with van der Waals surface area (Å²) >= 11 is 0. The van der Waals surface area contributed by atoms with Crippen molar-refractivity contribution in [2.45, 2.75) is 33.7 Å². The van der Waals surface area contributed by atoms with Gasteiger partial charge in [0.2, 0.25) is 5.91 Å². The minimum Gasteiger partial charge on any atom is -0.486 e. The lowest BCUT2D eigenvalue weighted by Crippen LogP contribution is -2.34. The van der Waals surface area contributed by atoms with Crippen molar-refractivity contribution >= 4 is 28.5 Å². The highest BCUT2D eigenvalue weighted by Gasteiger charge is 2.25. The van der Waals surface area contributed by atoms with Gasteiger partial charge >= 0.3 is 5.97 Å². The molecule has 0 atom stereocenters. The summed E-state index contributed by atoms with van der Waals surface area (Å²) in [6.07, 6.45) is 2.03. The predicted octanol–water partition coefficient (Wildman–Crippen LogP) is 6.43. The highest BCUT2D eigenvalue weighted by Crippen LogP contribution is 2.35. The highest BCUT2D eigenvalue weighted by molar-refractivity contribution is 6.04. The Morgan fingerprint density at radius 1 is 0.897 bits per heavy atom. The van der Waals surface area contributed by atoms with Crippen LogP contribution in [0.2, 0.25) is 0 Å². The molecule has 0 aliphatic carbocycles. The molecule has 5 rings (SSSR count). The number of esters is 1. The number of nitrogens with zero attached hydrogens (tertiary/aromatic N) is 2. The number of aromatic nitrogens is 1. The van der Waals surface area contributed by atoms with Crippen molar-refractivity contribution in [2.24, 2.45) is 5.41 Å². The summed E-state index contributed by atoms with van der Waals surface area (Å²) in [7, 11) is 1.36. The number of benzene rings is 3. The zero-order valence-corrected chi connectivity index (χ0v) is 22.7. The van der Waals surface area contributed by atoms with Crippen molar-refractivity contribution in [1.82, 2.24) is 4.98 Å². The molecule has 0 saturated carbocycles. The van der Waals surface area contributed by atoms with Crippen LogP contribution in [0.5, 0.6) is 11.5 Å². The number of pyridine rings is 1. The minimum absolute atomic E-state index is 0.0181. The molecule has 1 aliphatic rings. The van der Waals surface area contributed by atoms with Gasteiger partial charge in [-0.2, -0.15) is 0 Å². The minimum atomic E-state index is -0.408. The zero-order valence-electron chi connectivity index (χ0n) is 22.7. The summed E-state index contributed by atoms with van der Waals surface area (Å²) < 4.78 is 16.2. The highest BCUT2D eigenvalue weighted by atomic mass is 16.6. The van der Waals surface area contributed by atoms with E-state index in [1.54, 1.807) is 23.2 Å². The maximum absolute atomic E-state index is 13.6. The molecule has 7 nitrogen and oxygen atoms in total. The van der Waals surface area contributed by atoms with Gasteiger partial charge in [0.1, 0.15) is 19.0 Å². The van der Waals surface area contributed by atoms with E-state index in [1.807, 2.05) is 75.4 Å². The van der Waals surface area contributed by atoms with Crippen LogP contribution in [0.25, 0.3) is 21.9 Å². The van der Waals surface area contributed by atoms with Gasteiger partial charge in [0.15, 0.2) is 11.5 Å².